The molecule has 0 saturated heterocycles. The number of fused-ring (bicyclic) bond motifs is 1. The Kier molecular flexibility index (Phi) is 4.90. The Balaban J connectivity index is 1.72. The van der Waals surface area contributed by atoms with Gasteiger partial charge in [-0.15, -0.1) is 11.3 Å². The van der Waals surface area contributed by atoms with Gasteiger partial charge < -0.3 is 9.64 Å². The summed E-state index contributed by atoms with van der Waals surface area (Å²) >= 11 is 1.61. The van der Waals surface area contributed by atoms with Crippen LogP contribution in [-0.2, 0) is 19.4 Å². The summed E-state index contributed by atoms with van der Waals surface area (Å²) in [5.41, 5.74) is 2.07. The highest BCUT2D eigenvalue weighted by molar-refractivity contribution is 7.14. The lowest BCUT2D eigenvalue weighted by atomic mass is 9.90. The van der Waals surface area contributed by atoms with Crippen LogP contribution in [0.1, 0.15) is 39.0 Å². The number of benzene rings is 1. The van der Waals surface area contributed by atoms with Crippen molar-refractivity contribution in [1.29, 1.82) is 0 Å². The predicted molar refractivity (Wildman–Crippen MR) is 94.3 cm³/mol. The normalized spacial score (nSPS) is 16.6. The highest BCUT2D eigenvalue weighted by Gasteiger charge is 2.22. The second-order valence-corrected chi connectivity index (χ2v) is 7.67. The molecule has 24 heavy (non-hydrogen) atoms. The number of rotatable bonds is 4. The Morgan fingerprint density at radius 1 is 1.42 bits per heavy atom. The van der Waals surface area contributed by atoms with Gasteiger partial charge in [-0.3, -0.25) is 4.79 Å². The summed E-state index contributed by atoms with van der Waals surface area (Å²) in [7, 11) is 3.19. The molecule has 5 heteroatoms. The maximum absolute atomic E-state index is 13.8. The summed E-state index contributed by atoms with van der Waals surface area (Å²) in [6, 6.07) is 6.84. The van der Waals surface area contributed by atoms with E-state index < -0.39 is 5.82 Å². The summed E-state index contributed by atoms with van der Waals surface area (Å²) in [5.74, 6) is 0.498. The van der Waals surface area contributed by atoms with Crippen molar-refractivity contribution >= 4 is 17.2 Å². The molecule has 1 aromatic carbocycles. The molecule has 0 aliphatic heterocycles. The van der Waals surface area contributed by atoms with Gasteiger partial charge in [-0.05, 0) is 54.5 Å². The Labute approximate surface area is 146 Å². The van der Waals surface area contributed by atoms with Crippen LogP contribution >= 0.6 is 11.3 Å². The first kappa shape index (κ1) is 17.0. The molecule has 1 aliphatic rings. The van der Waals surface area contributed by atoms with Gasteiger partial charge in [0.1, 0.15) is 0 Å². The van der Waals surface area contributed by atoms with Gasteiger partial charge in [0.2, 0.25) is 0 Å². The van der Waals surface area contributed by atoms with Crippen molar-refractivity contribution in [3.63, 3.8) is 0 Å². The molecule has 0 radical (unpaired) electrons. The van der Waals surface area contributed by atoms with Crippen LogP contribution < -0.4 is 4.74 Å². The number of hydrogen-bond donors (Lipinski definition) is 0. The molecule has 1 aliphatic carbocycles. The fraction of sp³-hybridized carbons (Fsp3) is 0.421. The van der Waals surface area contributed by atoms with Gasteiger partial charge in [0, 0.05) is 18.5 Å². The van der Waals surface area contributed by atoms with Gasteiger partial charge in [-0.25, -0.2) is 4.39 Å². The van der Waals surface area contributed by atoms with Crippen molar-refractivity contribution < 1.29 is 13.9 Å². The molecule has 3 nitrogen and oxygen atoms in total. The summed E-state index contributed by atoms with van der Waals surface area (Å²) < 4.78 is 18.7. The molecule has 1 amide bonds. The van der Waals surface area contributed by atoms with Crippen LogP contribution in [0.3, 0.4) is 0 Å². The topological polar surface area (TPSA) is 29.5 Å². The van der Waals surface area contributed by atoms with Crippen LogP contribution in [0.25, 0.3) is 0 Å². The predicted octanol–water partition coefficient (Wildman–Crippen LogP) is 4.29. The molecule has 0 N–H and O–H groups in total. The van der Waals surface area contributed by atoms with Gasteiger partial charge in [0.05, 0.1) is 12.0 Å². The van der Waals surface area contributed by atoms with Crippen molar-refractivity contribution in [1.82, 2.24) is 4.90 Å². The number of thiophene rings is 1. The highest BCUT2D eigenvalue weighted by Crippen LogP contribution is 2.32. The number of amides is 1. The molecule has 1 heterocycles. The fourth-order valence-corrected chi connectivity index (χ4v) is 4.36. The zero-order valence-corrected chi connectivity index (χ0v) is 15.1. The second kappa shape index (κ2) is 6.93. The lowest BCUT2D eigenvalue weighted by Crippen LogP contribution is -2.25. The van der Waals surface area contributed by atoms with E-state index in [1.807, 2.05) is 6.07 Å². The number of hydrogen-bond acceptors (Lipinski definition) is 3. The SMILES string of the molecule is COc1ccc(CN(C)C(=O)c2cc3c(s2)CC[C@@H](C)C3)cc1F. The molecular formula is C19H22FNO2S. The van der Waals surface area contributed by atoms with E-state index in [1.165, 1.54) is 30.0 Å². The summed E-state index contributed by atoms with van der Waals surface area (Å²) in [6.07, 6.45) is 3.33. The average molecular weight is 347 g/mol. The van der Waals surface area contributed by atoms with Crippen molar-refractivity contribution in [3.05, 3.63) is 51.0 Å². The third-order valence-corrected chi connectivity index (χ3v) is 5.75. The minimum Gasteiger partial charge on any atom is -0.494 e. The van der Waals surface area contributed by atoms with E-state index in [0.717, 1.165) is 23.3 Å². The largest absolute Gasteiger partial charge is 0.494 e. The Morgan fingerprint density at radius 3 is 2.92 bits per heavy atom. The zero-order valence-electron chi connectivity index (χ0n) is 14.3. The lowest BCUT2D eigenvalue weighted by Gasteiger charge is -2.17. The van der Waals surface area contributed by atoms with Crippen LogP contribution in [0, 0.1) is 11.7 Å². The number of aryl methyl sites for hydroxylation is 1. The van der Waals surface area contributed by atoms with Crippen LogP contribution in [0.5, 0.6) is 5.75 Å². The van der Waals surface area contributed by atoms with Gasteiger partial charge in [0.25, 0.3) is 5.91 Å². The van der Waals surface area contributed by atoms with Crippen LogP contribution in [0.4, 0.5) is 4.39 Å². The van der Waals surface area contributed by atoms with E-state index in [4.69, 9.17) is 4.74 Å². The molecule has 2 aromatic rings. The summed E-state index contributed by atoms with van der Waals surface area (Å²) in [5, 5.41) is 0. The maximum Gasteiger partial charge on any atom is 0.263 e. The Hall–Kier alpha value is -1.88. The Morgan fingerprint density at radius 2 is 2.21 bits per heavy atom. The van der Waals surface area contributed by atoms with Crippen molar-refractivity contribution in [2.45, 2.75) is 32.7 Å². The highest BCUT2D eigenvalue weighted by atomic mass is 32.1. The minimum absolute atomic E-state index is 0.00159. The first-order valence-corrected chi connectivity index (χ1v) is 8.99. The van der Waals surface area contributed by atoms with E-state index in [-0.39, 0.29) is 11.7 Å². The third kappa shape index (κ3) is 3.46. The van der Waals surface area contributed by atoms with Crippen LogP contribution in [-0.4, -0.2) is 25.0 Å². The number of carbonyl (C=O) groups excluding carboxylic acids is 1. The first-order chi connectivity index (χ1) is 11.5. The zero-order chi connectivity index (χ0) is 17.3. The quantitative estimate of drug-likeness (QED) is 0.825. The lowest BCUT2D eigenvalue weighted by molar-refractivity contribution is 0.0789. The molecule has 0 spiro atoms. The smallest absolute Gasteiger partial charge is 0.263 e. The van der Waals surface area contributed by atoms with Gasteiger partial charge >= 0.3 is 0 Å². The number of nitrogens with zero attached hydrogens (tertiary/aromatic N) is 1. The molecule has 1 atom stereocenters. The maximum atomic E-state index is 13.8. The minimum atomic E-state index is -0.406. The second-order valence-electron chi connectivity index (χ2n) is 6.54. The third-order valence-electron chi connectivity index (χ3n) is 4.52. The van der Waals surface area contributed by atoms with E-state index >= 15 is 0 Å². The number of methoxy groups -OCH3 is 1. The first-order valence-electron chi connectivity index (χ1n) is 8.17. The van der Waals surface area contributed by atoms with E-state index in [1.54, 1.807) is 35.4 Å². The molecule has 0 fully saturated rings. The fourth-order valence-electron chi connectivity index (χ4n) is 3.15. The molecule has 0 unspecified atom stereocenters. The van der Waals surface area contributed by atoms with Gasteiger partial charge in [-0.1, -0.05) is 13.0 Å². The Bertz CT molecular complexity index is 756. The van der Waals surface area contributed by atoms with Crippen molar-refractivity contribution in [2.75, 3.05) is 14.2 Å². The monoisotopic (exact) mass is 347 g/mol. The average Bonchev–Trinajstić information content (AvgIpc) is 2.97. The van der Waals surface area contributed by atoms with Crippen molar-refractivity contribution in [2.24, 2.45) is 5.92 Å². The summed E-state index contributed by atoms with van der Waals surface area (Å²) in [6.45, 7) is 2.63. The molecular weight excluding hydrogens is 325 g/mol. The van der Waals surface area contributed by atoms with E-state index in [0.29, 0.717) is 12.5 Å². The van der Waals surface area contributed by atoms with Crippen molar-refractivity contribution in [3.8, 4) is 5.75 Å². The van der Waals surface area contributed by atoms with Gasteiger partial charge in [0.15, 0.2) is 11.6 Å². The van der Waals surface area contributed by atoms with Crippen LogP contribution in [0.15, 0.2) is 24.3 Å². The van der Waals surface area contributed by atoms with Crippen LogP contribution in [0.2, 0.25) is 0 Å². The summed E-state index contributed by atoms with van der Waals surface area (Å²) in [4.78, 5) is 16.4. The van der Waals surface area contributed by atoms with Gasteiger partial charge in [-0.2, -0.15) is 0 Å². The standard InChI is InChI=1S/C19H22FNO2S/c1-12-4-7-17-14(8-12)10-18(24-17)19(22)21(2)11-13-5-6-16(23-3)15(20)9-13/h5-6,9-10,12H,4,7-8,11H2,1-3H3/t12-/m1/s1. The molecule has 1 aromatic heterocycles. The number of halogens is 1. The van der Waals surface area contributed by atoms with E-state index in [2.05, 4.69) is 6.92 Å². The molecule has 0 bridgehead atoms. The van der Waals surface area contributed by atoms with E-state index in [9.17, 15) is 9.18 Å². The molecule has 0 saturated carbocycles. The molecule has 3 rings (SSSR count). The number of ether oxygens (including phenoxy) is 1. The number of carbonyl (C=O) groups is 1. The molecule has 128 valence electrons.